The second-order valence-electron chi connectivity index (χ2n) is 3.06. The number of carboxylic acids is 1. The quantitative estimate of drug-likeness (QED) is 0.403. The van der Waals surface area contributed by atoms with Crippen molar-refractivity contribution in [2.45, 2.75) is 19.8 Å². The molecule has 1 unspecified atom stereocenters. The Bertz CT molecular complexity index is 168. The summed E-state index contributed by atoms with van der Waals surface area (Å²) < 4.78 is 0. The predicted molar refractivity (Wildman–Crippen MR) is 50.3 cm³/mol. The third-order valence-electron chi connectivity index (χ3n) is 1.67. The zero-order valence-electron chi connectivity index (χ0n) is 7.86. The maximum Gasteiger partial charge on any atom is 0.329 e. The number of nitrogens with one attached hydrogen (secondary N) is 1. The number of rotatable bonds is 7. The van der Waals surface area contributed by atoms with Crippen LogP contribution < -0.4 is 5.32 Å². The SMILES string of the molecule is CC(CO)CCCN/C=C/C(=O)O. The number of hydrogen-bond acceptors (Lipinski definition) is 3. The molecule has 0 heterocycles. The molecule has 0 fully saturated rings. The van der Waals surface area contributed by atoms with E-state index in [-0.39, 0.29) is 6.61 Å². The van der Waals surface area contributed by atoms with Crippen LogP contribution >= 0.6 is 0 Å². The van der Waals surface area contributed by atoms with E-state index >= 15 is 0 Å². The summed E-state index contributed by atoms with van der Waals surface area (Å²) in [5.41, 5.74) is 0. The third kappa shape index (κ3) is 8.88. The number of aliphatic hydroxyl groups is 1. The molecule has 0 aromatic carbocycles. The fraction of sp³-hybridized carbons (Fsp3) is 0.667. The van der Waals surface area contributed by atoms with Gasteiger partial charge in [-0.3, -0.25) is 0 Å². The lowest BCUT2D eigenvalue weighted by Crippen LogP contribution is -2.10. The van der Waals surface area contributed by atoms with Crippen LogP contribution in [0.2, 0.25) is 0 Å². The van der Waals surface area contributed by atoms with Gasteiger partial charge in [-0.2, -0.15) is 0 Å². The summed E-state index contributed by atoms with van der Waals surface area (Å²) in [6.45, 7) is 2.94. The average molecular weight is 187 g/mol. The molecule has 0 amide bonds. The number of hydrogen-bond donors (Lipinski definition) is 3. The molecule has 1 atom stereocenters. The first kappa shape index (κ1) is 12.0. The van der Waals surface area contributed by atoms with Crippen molar-refractivity contribution >= 4 is 5.97 Å². The highest BCUT2D eigenvalue weighted by atomic mass is 16.4. The maximum atomic E-state index is 10.0. The van der Waals surface area contributed by atoms with Crippen LogP contribution in [0.3, 0.4) is 0 Å². The van der Waals surface area contributed by atoms with Gasteiger partial charge in [0.25, 0.3) is 0 Å². The van der Waals surface area contributed by atoms with Crippen molar-refractivity contribution in [1.82, 2.24) is 5.32 Å². The molecule has 0 bridgehead atoms. The van der Waals surface area contributed by atoms with Crippen molar-refractivity contribution in [3.05, 3.63) is 12.3 Å². The highest BCUT2D eigenvalue weighted by molar-refractivity contribution is 5.79. The van der Waals surface area contributed by atoms with Crippen LogP contribution in [0.15, 0.2) is 12.3 Å². The smallest absolute Gasteiger partial charge is 0.329 e. The maximum absolute atomic E-state index is 10.0. The van der Waals surface area contributed by atoms with E-state index in [4.69, 9.17) is 10.2 Å². The van der Waals surface area contributed by atoms with Crippen LogP contribution in [0, 0.1) is 5.92 Å². The van der Waals surface area contributed by atoms with Crippen molar-refractivity contribution in [2.24, 2.45) is 5.92 Å². The second kappa shape index (κ2) is 7.61. The fourth-order valence-electron chi connectivity index (χ4n) is 0.857. The van der Waals surface area contributed by atoms with Crippen molar-refractivity contribution in [2.75, 3.05) is 13.2 Å². The first-order chi connectivity index (χ1) is 6.16. The molecule has 0 rings (SSSR count). The van der Waals surface area contributed by atoms with E-state index in [1.165, 1.54) is 6.20 Å². The normalized spacial score (nSPS) is 13.1. The van der Waals surface area contributed by atoms with Gasteiger partial charge in [-0.05, 0) is 18.8 Å². The van der Waals surface area contributed by atoms with E-state index < -0.39 is 5.97 Å². The zero-order valence-corrected chi connectivity index (χ0v) is 7.86. The monoisotopic (exact) mass is 187 g/mol. The summed E-state index contributed by atoms with van der Waals surface area (Å²) in [7, 11) is 0. The van der Waals surface area contributed by atoms with Gasteiger partial charge in [0.2, 0.25) is 0 Å². The molecule has 0 aromatic heterocycles. The summed E-state index contributed by atoms with van der Waals surface area (Å²) in [6, 6.07) is 0. The van der Waals surface area contributed by atoms with Gasteiger partial charge in [0, 0.05) is 25.4 Å². The molecule has 0 spiro atoms. The van der Waals surface area contributed by atoms with Crippen LogP contribution in [-0.2, 0) is 4.79 Å². The minimum Gasteiger partial charge on any atom is -0.478 e. The summed E-state index contributed by atoms with van der Waals surface area (Å²) >= 11 is 0. The highest BCUT2D eigenvalue weighted by Crippen LogP contribution is 2.02. The van der Waals surface area contributed by atoms with Gasteiger partial charge in [-0.15, -0.1) is 0 Å². The zero-order chi connectivity index (χ0) is 10.1. The number of aliphatic carboxylic acids is 1. The molecule has 0 aliphatic rings. The van der Waals surface area contributed by atoms with Gasteiger partial charge in [0.15, 0.2) is 0 Å². The average Bonchev–Trinajstić information content (AvgIpc) is 2.10. The molecule has 0 saturated heterocycles. The Morgan fingerprint density at radius 1 is 1.62 bits per heavy atom. The van der Waals surface area contributed by atoms with Crippen molar-refractivity contribution in [1.29, 1.82) is 0 Å². The minimum absolute atomic E-state index is 0.213. The molecule has 4 nitrogen and oxygen atoms in total. The van der Waals surface area contributed by atoms with E-state index in [2.05, 4.69) is 5.32 Å². The molecule has 0 radical (unpaired) electrons. The lowest BCUT2D eigenvalue weighted by atomic mass is 10.1. The number of carbonyl (C=O) groups is 1. The third-order valence-corrected chi connectivity index (χ3v) is 1.67. The van der Waals surface area contributed by atoms with E-state index in [9.17, 15) is 4.79 Å². The topological polar surface area (TPSA) is 69.6 Å². The minimum atomic E-state index is -0.948. The highest BCUT2D eigenvalue weighted by Gasteiger charge is 1.97. The van der Waals surface area contributed by atoms with Gasteiger partial charge in [0.05, 0.1) is 0 Å². The Morgan fingerprint density at radius 2 is 2.31 bits per heavy atom. The fourth-order valence-corrected chi connectivity index (χ4v) is 0.857. The van der Waals surface area contributed by atoms with Gasteiger partial charge in [-0.25, -0.2) is 4.79 Å². The van der Waals surface area contributed by atoms with E-state index in [1.807, 2.05) is 6.92 Å². The van der Waals surface area contributed by atoms with Crippen LogP contribution in [-0.4, -0.2) is 29.3 Å². The van der Waals surface area contributed by atoms with E-state index in [0.29, 0.717) is 5.92 Å². The van der Waals surface area contributed by atoms with Crippen LogP contribution in [0.5, 0.6) is 0 Å². The van der Waals surface area contributed by atoms with E-state index in [0.717, 1.165) is 25.5 Å². The Morgan fingerprint density at radius 3 is 2.85 bits per heavy atom. The Kier molecular flexibility index (Phi) is 7.01. The van der Waals surface area contributed by atoms with Crippen LogP contribution in [0.25, 0.3) is 0 Å². The van der Waals surface area contributed by atoms with Gasteiger partial charge < -0.3 is 15.5 Å². The molecule has 13 heavy (non-hydrogen) atoms. The summed E-state index contributed by atoms with van der Waals surface area (Å²) in [5.74, 6) is -0.624. The molecule has 0 saturated carbocycles. The van der Waals surface area contributed by atoms with Crippen LogP contribution in [0.4, 0.5) is 0 Å². The molecular weight excluding hydrogens is 170 g/mol. The second-order valence-corrected chi connectivity index (χ2v) is 3.06. The predicted octanol–water partition coefficient (Wildman–Crippen LogP) is 0.583. The van der Waals surface area contributed by atoms with Crippen molar-refractivity contribution in [3.63, 3.8) is 0 Å². The summed E-state index contributed by atoms with van der Waals surface area (Å²) in [4.78, 5) is 10.0. The Labute approximate surface area is 78.3 Å². The lowest BCUT2D eigenvalue weighted by molar-refractivity contribution is -0.131. The molecule has 4 heteroatoms. The summed E-state index contributed by atoms with van der Waals surface area (Å²) in [5, 5.41) is 19.8. The van der Waals surface area contributed by atoms with Crippen molar-refractivity contribution < 1.29 is 15.0 Å². The van der Waals surface area contributed by atoms with Crippen LogP contribution in [0.1, 0.15) is 19.8 Å². The lowest BCUT2D eigenvalue weighted by Gasteiger charge is -2.06. The standard InChI is InChI=1S/C9H17NO3/c1-8(7-11)3-2-5-10-6-4-9(12)13/h4,6,8,10-11H,2-3,5,7H2,1H3,(H,12,13)/b6-4+. The largest absolute Gasteiger partial charge is 0.478 e. The molecular formula is C9H17NO3. The first-order valence-electron chi connectivity index (χ1n) is 4.40. The molecule has 0 aliphatic heterocycles. The number of carboxylic acid groups (broad SMARTS) is 1. The van der Waals surface area contributed by atoms with Crippen molar-refractivity contribution in [3.8, 4) is 0 Å². The molecule has 0 aliphatic carbocycles. The van der Waals surface area contributed by atoms with Gasteiger partial charge in [0.1, 0.15) is 0 Å². The Balaban J connectivity index is 3.21. The molecule has 76 valence electrons. The van der Waals surface area contributed by atoms with Gasteiger partial charge >= 0.3 is 5.97 Å². The molecule has 0 aromatic rings. The molecule has 3 N–H and O–H groups in total. The van der Waals surface area contributed by atoms with E-state index in [1.54, 1.807) is 0 Å². The first-order valence-corrected chi connectivity index (χ1v) is 4.40. The Hall–Kier alpha value is -1.03. The summed E-state index contributed by atoms with van der Waals surface area (Å²) in [6.07, 6.45) is 4.37. The van der Waals surface area contributed by atoms with Gasteiger partial charge in [-0.1, -0.05) is 6.92 Å². The number of aliphatic hydroxyl groups excluding tert-OH is 1.